The average Bonchev–Trinajstić information content (AvgIpc) is 2.77. The SMILES string of the molecule is CS(=O)(=O)N1C[C@@H]2C/C=C\C[C@H](NC(=O)c3cccc4ccccc34)C(=O)N2[C@H](C(=O)O)C1. The van der Waals surface area contributed by atoms with Crippen LogP contribution in [-0.2, 0) is 19.6 Å². The fourth-order valence-electron chi connectivity index (χ4n) is 4.47. The van der Waals surface area contributed by atoms with Crippen molar-refractivity contribution in [2.75, 3.05) is 19.3 Å². The number of rotatable bonds is 4. The Hall–Kier alpha value is -3.24. The molecule has 1 saturated heterocycles. The molecule has 10 heteroatoms. The second-order valence-corrected chi connectivity index (χ2v) is 10.3. The molecule has 4 rings (SSSR count). The lowest BCUT2D eigenvalue weighted by Crippen LogP contribution is -2.66. The van der Waals surface area contributed by atoms with E-state index >= 15 is 0 Å². The number of fused-ring (bicyclic) bond motifs is 2. The van der Waals surface area contributed by atoms with Crippen LogP contribution < -0.4 is 5.32 Å². The van der Waals surface area contributed by atoms with Crippen LogP contribution in [-0.4, -0.2) is 78.0 Å². The van der Waals surface area contributed by atoms with E-state index in [2.05, 4.69) is 5.32 Å². The molecule has 2 aliphatic rings. The number of nitrogens with one attached hydrogen (secondary N) is 1. The Morgan fingerprint density at radius 2 is 1.73 bits per heavy atom. The average molecular weight is 472 g/mol. The lowest BCUT2D eigenvalue weighted by molar-refractivity contribution is -0.156. The van der Waals surface area contributed by atoms with Gasteiger partial charge in [-0.1, -0.05) is 48.6 Å². The molecule has 0 aliphatic carbocycles. The molecule has 3 atom stereocenters. The Labute approximate surface area is 191 Å². The molecule has 2 N–H and O–H groups in total. The summed E-state index contributed by atoms with van der Waals surface area (Å²) in [6.45, 7) is -0.327. The second-order valence-electron chi connectivity index (χ2n) is 8.33. The maximum absolute atomic E-state index is 13.5. The first-order valence-electron chi connectivity index (χ1n) is 10.6. The van der Waals surface area contributed by atoms with Crippen molar-refractivity contribution in [3.63, 3.8) is 0 Å². The maximum atomic E-state index is 13.5. The van der Waals surface area contributed by atoms with Gasteiger partial charge in [0.15, 0.2) is 0 Å². The van der Waals surface area contributed by atoms with Crippen LogP contribution in [0.2, 0.25) is 0 Å². The Bertz CT molecular complexity index is 1240. The first-order valence-corrected chi connectivity index (χ1v) is 12.5. The number of amides is 2. The fourth-order valence-corrected chi connectivity index (χ4v) is 5.32. The van der Waals surface area contributed by atoms with Crippen molar-refractivity contribution in [3.8, 4) is 0 Å². The van der Waals surface area contributed by atoms with Crippen LogP contribution in [0, 0.1) is 0 Å². The highest BCUT2D eigenvalue weighted by atomic mass is 32.2. The standard InChI is InChI=1S/C23H25N3O6S/c1-33(31,32)25-13-16-9-3-5-12-19(22(28)26(16)20(14-25)23(29)30)24-21(27)18-11-6-8-15-7-2-4-10-17(15)18/h2-8,10-11,16,19-20H,9,12-14H2,1H3,(H,24,27)(H,29,30)/b5-3-/t16-,19-,20-/m0/s1. The number of carbonyl (C=O) groups is 3. The van der Waals surface area contributed by atoms with Gasteiger partial charge >= 0.3 is 5.97 Å². The Balaban J connectivity index is 1.63. The summed E-state index contributed by atoms with van der Waals surface area (Å²) in [6, 6.07) is 9.78. The van der Waals surface area contributed by atoms with E-state index in [1.54, 1.807) is 24.3 Å². The zero-order valence-corrected chi connectivity index (χ0v) is 18.9. The molecular weight excluding hydrogens is 446 g/mol. The number of carboxylic acid groups (broad SMARTS) is 1. The van der Waals surface area contributed by atoms with Crippen LogP contribution in [0.4, 0.5) is 0 Å². The van der Waals surface area contributed by atoms with E-state index in [1.165, 1.54) is 4.90 Å². The van der Waals surface area contributed by atoms with Crippen molar-refractivity contribution in [3.05, 3.63) is 60.2 Å². The van der Waals surface area contributed by atoms with Crippen LogP contribution in [0.1, 0.15) is 23.2 Å². The van der Waals surface area contributed by atoms with Gasteiger partial charge in [-0.25, -0.2) is 13.2 Å². The molecule has 0 radical (unpaired) electrons. The van der Waals surface area contributed by atoms with Gasteiger partial charge in [0, 0.05) is 24.7 Å². The highest BCUT2D eigenvalue weighted by Gasteiger charge is 2.45. The topological polar surface area (TPSA) is 124 Å². The summed E-state index contributed by atoms with van der Waals surface area (Å²) in [7, 11) is -3.63. The lowest BCUT2D eigenvalue weighted by Gasteiger charge is -2.45. The third-order valence-electron chi connectivity index (χ3n) is 6.11. The number of carbonyl (C=O) groups excluding carboxylic acids is 2. The zero-order chi connectivity index (χ0) is 23.8. The minimum atomic E-state index is -3.63. The largest absolute Gasteiger partial charge is 0.480 e. The number of carboxylic acids is 1. The van der Waals surface area contributed by atoms with Gasteiger partial charge in [-0.3, -0.25) is 9.59 Å². The summed E-state index contributed by atoms with van der Waals surface area (Å²) in [5.41, 5.74) is 0.417. The van der Waals surface area contributed by atoms with E-state index in [1.807, 2.05) is 30.3 Å². The van der Waals surface area contributed by atoms with Gasteiger partial charge in [0.25, 0.3) is 5.91 Å². The van der Waals surface area contributed by atoms with Crippen LogP contribution in [0.15, 0.2) is 54.6 Å². The van der Waals surface area contributed by atoms with Crippen molar-refractivity contribution in [2.24, 2.45) is 0 Å². The van der Waals surface area contributed by atoms with Crippen LogP contribution in [0.3, 0.4) is 0 Å². The molecule has 0 unspecified atom stereocenters. The van der Waals surface area contributed by atoms with E-state index in [0.717, 1.165) is 21.3 Å². The van der Waals surface area contributed by atoms with Crippen LogP contribution >= 0.6 is 0 Å². The number of nitrogens with zero attached hydrogens (tertiary/aromatic N) is 2. The molecule has 2 heterocycles. The van der Waals surface area contributed by atoms with Crippen molar-refractivity contribution < 1.29 is 27.9 Å². The Morgan fingerprint density at radius 1 is 1.03 bits per heavy atom. The summed E-state index contributed by atoms with van der Waals surface area (Å²) >= 11 is 0. The number of benzene rings is 2. The van der Waals surface area contributed by atoms with Gasteiger partial charge in [0.2, 0.25) is 15.9 Å². The van der Waals surface area contributed by atoms with Gasteiger partial charge in [-0.05, 0) is 29.7 Å². The molecule has 2 aromatic carbocycles. The molecule has 0 spiro atoms. The van der Waals surface area contributed by atoms with E-state index < -0.39 is 45.9 Å². The number of aliphatic carboxylic acids is 1. The summed E-state index contributed by atoms with van der Waals surface area (Å²) in [4.78, 5) is 39.8. The number of sulfonamides is 1. The third-order valence-corrected chi connectivity index (χ3v) is 7.35. The van der Waals surface area contributed by atoms with Gasteiger partial charge in [-0.2, -0.15) is 4.31 Å². The summed E-state index contributed by atoms with van der Waals surface area (Å²) in [6.07, 6.45) is 5.12. The molecule has 0 saturated carbocycles. The third kappa shape index (κ3) is 4.62. The molecule has 33 heavy (non-hydrogen) atoms. The zero-order valence-electron chi connectivity index (χ0n) is 18.0. The molecular formula is C23H25N3O6S. The first kappa shape index (κ1) is 22.9. The maximum Gasteiger partial charge on any atom is 0.327 e. The van der Waals surface area contributed by atoms with E-state index in [9.17, 15) is 27.9 Å². The van der Waals surface area contributed by atoms with E-state index in [-0.39, 0.29) is 19.5 Å². The molecule has 9 nitrogen and oxygen atoms in total. The van der Waals surface area contributed by atoms with Gasteiger partial charge in [0.1, 0.15) is 12.1 Å². The number of hydrogen-bond donors (Lipinski definition) is 2. The molecule has 2 aromatic rings. The molecule has 0 bridgehead atoms. The van der Waals surface area contributed by atoms with Gasteiger partial charge in [0.05, 0.1) is 6.26 Å². The molecule has 2 amide bonds. The summed E-state index contributed by atoms with van der Waals surface area (Å²) in [5, 5.41) is 14.2. The second kappa shape index (κ2) is 8.95. The predicted molar refractivity (Wildman–Crippen MR) is 122 cm³/mol. The first-order chi connectivity index (χ1) is 15.7. The highest BCUT2D eigenvalue weighted by molar-refractivity contribution is 7.88. The van der Waals surface area contributed by atoms with Crippen molar-refractivity contribution in [1.82, 2.24) is 14.5 Å². The molecule has 1 fully saturated rings. The van der Waals surface area contributed by atoms with E-state index in [4.69, 9.17) is 0 Å². The minimum Gasteiger partial charge on any atom is -0.480 e. The minimum absolute atomic E-state index is 0.00266. The van der Waals surface area contributed by atoms with Crippen molar-refractivity contribution in [2.45, 2.75) is 31.0 Å². The fraction of sp³-hybridized carbons (Fsp3) is 0.348. The van der Waals surface area contributed by atoms with Crippen molar-refractivity contribution >= 4 is 38.6 Å². The normalized spacial score (nSPS) is 25.1. The molecule has 2 aliphatic heterocycles. The quantitative estimate of drug-likeness (QED) is 0.646. The molecule has 174 valence electrons. The number of piperazine rings is 1. The smallest absolute Gasteiger partial charge is 0.327 e. The van der Waals surface area contributed by atoms with Crippen molar-refractivity contribution in [1.29, 1.82) is 0 Å². The number of hydrogen-bond acceptors (Lipinski definition) is 5. The Morgan fingerprint density at radius 3 is 2.45 bits per heavy atom. The van der Waals surface area contributed by atoms with Crippen LogP contribution in [0.25, 0.3) is 10.8 Å². The monoisotopic (exact) mass is 471 g/mol. The van der Waals surface area contributed by atoms with Gasteiger partial charge < -0.3 is 15.3 Å². The van der Waals surface area contributed by atoms with Gasteiger partial charge in [-0.15, -0.1) is 0 Å². The predicted octanol–water partition coefficient (Wildman–Crippen LogP) is 1.21. The summed E-state index contributed by atoms with van der Waals surface area (Å²) in [5.74, 6) is -2.25. The summed E-state index contributed by atoms with van der Waals surface area (Å²) < 4.78 is 25.3. The van der Waals surface area contributed by atoms with Crippen LogP contribution in [0.5, 0.6) is 0 Å². The van der Waals surface area contributed by atoms with E-state index in [0.29, 0.717) is 12.0 Å². The Kier molecular flexibility index (Phi) is 6.22. The highest BCUT2D eigenvalue weighted by Crippen LogP contribution is 2.25. The molecule has 0 aromatic heterocycles. The lowest BCUT2D eigenvalue weighted by atomic mass is 9.98.